The molecule has 0 spiro atoms. The fourth-order valence-electron chi connectivity index (χ4n) is 9.13. The number of para-hydroxylation sites is 1. The number of fused-ring (bicyclic) bond motifs is 6. The lowest BCUT2D eigenvalue weighted by Gasteiger charge is -2.34. The van der Waals surface area contributed by atoms with Gasteiger partial charge < -0.3 is 4.74 Å². The van der Waals surface area contributed by atoms with Crippen LogP contribution in [0.5, 0.6) is 11.5 Å². The smallest absolute Gasteiger partial charge is 0.135 e. The van der Waals surface area contributed by atoms with Crippen molar-refractivity contribution in [3.05, 3.63) is 216 Å². The predicted molar refractivity (Wildman–Crippen MR) is 215 cm³/mol. The molecule has 242 valence electrons. The molecule has 1 aliphatic heterocycles. The fraction of sp³-hybridized carbons (Fsp3) is 0.0196. The molecule has 0 amide bonds. The highest BCUT2D eigenvalue weighted by Crippen LogP contribution is 2.58. The molecule has 1 aliphatic carbocycles. The van der Waals surface area contributed by atoms with Crippen LogP contribution in [0.3, 0.4) is 0 Å². The number of hydrogen-bond acceptors (Lipinski definition) is 1. The zero-order valence-corrected chi connectivity index (χ0v) is 28.4. The summed E-state index contributed by atoms with van der Waals surface area (Å²) in [6.45, 7) is 0. The van der Waals surface area contributed by atoms with Crippen LogP contribution in [-0.4, -0.2) is 0 Å². The third-order valence-electron chi connectivity index (χ3n) is 11.3. The van der Waals surface area contributed by atoms with E-state index in [0.29, 0.717) is 0 Å². The van der Waals surface area contributed by atoms with Gasteiger partial charge in [0.05, 0.1) is 5.41 Å². The molecule has 1 nitrogen and oxygen atoms in total. The number of ether oxygens (including phenoxy) is 1. The molecule has 0 N–H and O–H groups in total. The van der Waals surface area contributed by atoms with E-state index in [2.05, 4.69) is 188 Å². The molecule has 11 rings (SSSR count). The van der Waals surface area contributed by atoms with Gasteiger partial charge in [0.15, 0.2) is 0 Å². The summed E-state index contributed by atoms with van der Waals surface area (Å²) < 4.78 is 6.48. The molecule has 1 heteroatoms. The van der Waals surface area contributed by atoms with Gasteiger partial charge in [-0.15, -0.1) is 0 Å². The van der Waals surface area contributed by atoms with E-state index in [9.17, 15) is 0 Å². The molecule has 52 heavy (non-hydrogen) atoms. The highest BCUT2D eigenvalue weighted by molar-refractivity contribution is 6.10. The van der Waals surface area contributed by atoms with Gasteiger partial charge in [-0.1, -0.05) is 164 Å². The Labute approximate surface area is 303 Å². The molecule has 0 bridgehead atoms. The quantitative estimate of drug-likeness (QED) is 0.183. The predicted octanol–water partition coefficient (Wildman–Crippen LogP) is 13.5. The van der Waals surface area contributed by atoms with E-state index in [4.69, 9.17) is 4.74 Å². The monoisotopic (exact) mass is 660 g/mol. The third-order valence-corrected chi connectivity index (χ3v) is 11.3. The summed E-state index contributed by atoms with van der Waals surface area (Å²) in [6.07, 6.45) is 0. The van der Waals surface area contributed by atoms with Gasteiger partial charge in [-0.05, 0) is 108 Å². The summed E-state index contributed by atoms with van der Waals surface area (Å²) in [6, 6.07) is 71.2. The third kappa shape index (κ3) is 4.05. The van der Waals surface area contributed by atoms with Crippen molar-refractivity contribution in [2.24, 2.45) is 0 Å². The van der Waals surface area contributed by atoms with Gasteiger partial charge in [0.25, 0.3) is 0 Å². The standard InChI is InChI=1S/C51H32O/c1-4-14-33(15-5-1)38-22-12-16-34-30-47-45(32-44(34)38)40-27-26-35(31-46(40)51(47,36-17-6-2-7-18-36)37-19-8-3-9-20-37)39-28-29-49-50-42(39)23-13-24-43(50)41-21-10-11-25-48(41)52-49/h1-32H. The normalized spacial score (nSPS) is 13.3. The first kappa shape index (κ1) is 29.1. The molecule has 9 aromatic rings. The average Bonchev–Trinajstić information content (AvgIpc) is 3.50. The summed E-state index contributed by atoms with van der Waals surface area (Å²) in [5.41, 5.74) is 14.4. The molecule has 9 aromatic carbocycles. The largest absolute Gasteiger partial charge is 0.456 e. The minimum atomic E-state index is -0.519. The Morgan fingerprint density at radius 3 is 1.73 bits per heavy atom. The minimum absolute atomic E-state index is 0.519. The Balaban J connectivity index is 1.22. The highest BCUT2D eigenvalue weighted by atomic mass is 16.5. The Morgan fingerprint density at radius 2 is 0.942 bits per heavy atom. The van der Waals surface area contributed by atoms with E-state index in [0.717, 1.165) is 17.1 Å². The first-order valence-corrected chi connectivity index (χ1v) is 18.0. The Morgan fingerprint density at radius 1 is 0.327 bits per heavy atom. The molecule has 0 radical (unpaired) electrons. The zero-order valence-electron chi connectivity index (χ0n) is 28.4. The van der Waals surface area contributed by atoms with E-state index in [1.54, 1.807) is 0 Å². The van der Waals surface area contributed by atoms with Gasteiger partial charge in [-0.3, -0.25) is 0 Å². The van der Waals surface area contributed by atoms with Crippen LogP contribution >= 0.6 is 0 Å². The molecule has 0 atom stereocenters. The van der Waals surface area contributed by atoms with Crippen LogP contribution in [0.2, 0.25) is 0 Å². The first-order valence-electron chi connectivity index (χ1n) is 18.0. The Hall–Kier alpha value is -6.70. The van der Waals surface area contributed by atoms with Crippen molar-refractivity contribution in [2.75, 3.05) is 0 Å². The second kappa shape index (κ2) is 11.2. The summed E-state index contributed by atoms with van der Waals surface area (Å²) >= 11 is 0. The van der Waals surface area contributed by atoms with Gasteiger partial charge in [0.1, 0.15) is 11.5 Å². The van der Waals surface area contributed by atoms with Gasteiger partial charge in [-0.25, -0.2) is 0 Å². The summed E-state index contributed by atoms with van der Waals surface area (Å²) in [4.78, 5) is 0. The van der Waals surface area contributed by atoms with Crippen LogP contribution in [0, 0.1) is 0 Å². The lowest BCUT2D eigenvalue weighted by molar-refractivity contribution is 0.487. The molecule has 0 saturated carbocycles. The van der Waals surface area contributed by atoms with Crippen molar-refractivity contribution in [1.82, 2.24) is 0 Å². The topological polar surface area (TPSA) is 9.23 Å². The lowest BCUT2D eigenvalue weighted by Crippen LogP contribution is -2.28. The summed E-state index contributed by atoms with van der Waals surface area (Å²) in [7, 11) is 0. The average molecular weight is 661 g/mol. The van der Waals surface area contributed by atoms with Crippen molar-refractivity contribution >= 4 is 21.5 Å². The highest BCUT2D eigenvalue weighted by Gasteiger charge is 2.46. The maximum atomic E-state index is 6.48. The van der Waals surface area contributed by atoms with E-state index in [-0.39, 0.29) is 0 Å². The zero-order chi connectivity index (χ0) is 34.2. The van der Waals surface area contributed by atoms with Crippen LogP contribution < -0.4 is 4.74 Å². The van der Waals surface area contributed by atoms with Crippen LogP contribution in [0.25, 0.3) is 66.1 Å². The minimum Gasteiger partial charge on any atom is -0.456 e. The van der Waals surface area contributed by atoms with E-state index in [1.807, 2.05) is 6.07 Å². The lowest BCUT2D eigenvalue weighted by atomic mass is 9.67. The van der Waals surface area contributed by atoms with Crippen molar-refractivity contribution in [2.45, 2.75) is 5.41 Å². The Kier molecular flexibility index (Phi) is 6.23. The van der Waals surface area contributed by atoms with Crippen LogP contribution in [-0.2, 0) is 5.41 Å². The number of hydrogen-bond donors (Lipinski definition) is 0. The van der Waals surface area contributed by atoms with Crippen molar-refractivity contribution in [3.63, 3.8) is 0 Å². The van der Waals surface area contributed by atoms with E-state index in [1.165, 1.54) is 82.7 Å². The summed E-state index contributed by atoms with van der Waals surface area (Å²) in [5.74, 6) is 1.81. The van der Waals surface area contributed by atoms with Crippen LogP contribution in [0.4, 0.5) is 0 Å². The van der Waals surface area contributed by atoms with Crippen LogP contribution in [0.1, 0.15) is 22.3 Å². The molecule has 0 saturated heterocycles. The maximum absolute atomic E-state index is 6.48. The molecule has 0 fully saturated rings. The fourth-order valence-corrected chi connectivity index (χ4v) is 9.13. The van der Waals surface area contributed by atoms with Gasteiger partial charge in [0, 0.05) is 10.9 Å². The number of benzene rings is 9. The molecular weight excluding hydrogens is 629 g/mol. The van der Waals surface area contributed by atoms with Gasteiger partial charge >= 0.3 is 0 Å². The Bertz CT molecular complexity index is 2810. The summed E-state index contributed by atoms with van der Waals surface area (Å²) in [5, 5.41) is 4.87. The van der Waals surface area contributed by atoms with Crippen molar-refractivity contribution in [1.29, 1.82) is 0 Å². The molecular formula is C51H32O. The molecule has 1 heterocycles. The van der Waals surface area contributed by atoms with E-state index >= 15 is 0 Å². The molecule has 2 aliphatic rings. The molecule has 0 unspecified atom stereocenters. The second-order valence-electron chi connectivity index (χ2n) is 14.0. The van der Waals surface area contributed by atoms with Gasteiger partial charge in [0.2, 0.25) is 0 Å². The van der Waals surface area contributed by atoms with E-state index < -0.39 is 5.41 Å². The SMILES string of the molecule is c1ccc(-c2cccc3cc4c(cc23)-c2ccc(-c3ccc5c6c(cccc36)-c3ccccc3O5)cc2C4(c2ccccc2)c2ccccc2)cc1. The first-order chi connectivity index (χ1) is 25.8. The van der Waals surface area contributed by atoms with Gasteiger partial charge in [-0.2, -0.15) is 0 Å². The maximum Gasteiger partial charge on any atom is 0.135 e. The van der Waals surface area contributed by atoms with Crippen molar-refractivity contribution < 1.29 is 4.74 Å². The second-order valence-corrected chi connectivity index (χ2v) is 14.0. The molecule has 0 aromatic heterocycles. The van der Waals surface area contributed by atoms with Crippen LogP contribution in [0.15, 0.2) is 194 Å². The van der Waals surface area contributed by atoms with Crippen molar-refractivity contribution in [3.8, 4) is 56.0 Å². The number of rotatable bonds is 4.